The van der Waals surface area contributed by atoms with E-state index in [4.69, 9.17) is 11.5 Å². The molecule has 2 aromatic rings. The van der Waals surface area contributed by atoms with E-state index in [0.29, 0.717) is 16.2 Å². The van der Waals surface area contributed by atoms with E-state index in [-0.39, 0.29) is 38.3 Å². The molecule has 2 aromatic carbocycles. The third-order valence-electron chi connectivity index (χ3n) is 5.69. The number of nitrogens with one attached hydrogen (secondary N) is 2. The number of carbonyl (C=O) groups excluding carboxylic acids is 2. The smallest absolute Gasteiger partial charge is 0.404 e. The van der Waals surface area contributed by atoms with Gasteiger partial charge in [-0.25, -0.2) is 9.79 Å². The number of alkyl halides is 2. The Balaban J connectivity index is 1.75. The summed E-state index contributed by atoms with van der Waals surface area (Å²) in [6, 6.07) is 8.80. The molecule has 2 atom stereocenters. The number of halogens is 2. The normalized spacial score (nSPS) is 16.3. The number of hydrogen-bond donors (Lipinski definition) is 5. The number of likely N-dealkylation sites (tertiary alicyclic amines) is 1. The molecule has 7 N–H and O–H groups in total. The lowest BCUT2D eigenvalue weighted by atomic mass is 10.0. The summed E-state index contributed by atoms with van der Waals surface area (Å²) in [4.78, 5) is 41.2. The van der Waals surface area contributed by atoms with Crippen LogP contribution in [0.3, 0.4) is 0 Å². The van der Waals surface area contributed by atoms with Gasteiger partial charge in [-0.1, -0.05) is 42.5 Å². The van der Waals surface area contributed by atoms with E-state index < -0.39 is 35.9 Å². The van der Waals surface area contributed by atoms with Crippen LogP contribution in [0.1, 0.15) is 24.0 Å². The van der Waals surface area contributed by atoms with Crippen molar-refractivity contribution in [1.29, 1.82) is 0 Å². The van der Waals surface area contributed by atoms with Gasteiger partial charge in [-0.2, -0.15) is 8.78 Å². The molecule has 2 amide bonds. The molecule has 1 aliphatic rings. The van der Waals surface area contributed by atoms with Gasteiger partial charge in [0.15, 0.2) is 5.96 Å². The first kappa shape index (κ1) is 26.5. The van der Waals surface area contributed by atoms with Crippen molar-refractivity contribution in [2.24, 2.45) is 16.5 Å². The summed E-state index contributed by atoms with van der Waals surface area (Å²) in [6.45, 7) is 0.0802. The number of benzene rings is 2. The standard InChI is InChI=1S/C24H28F2N6O4/c25-24(26,22(36)32-12-4-7-19(32)21(34)35)31-20(33)18(29-14-16-5-2-1-3-6-16)13-15-8-10-17(11-9-15)30-23(27)28/h1-3,5-6,8-11,18-19,29H,4,7,12-14H2,(H,31,33)(H,34,35)(H4,27,28,30)/t18?,19-/m0/s1. The molecule has 1 saturated heterocycles. The third-order valence-corrected chi connectivity index (χ3v) is 5.69. The number of carboxylic acids is 1. The second-order valence-corrected chi connectivity index (χ2v) is 8.38. The Hall–Kier alpha value is -4.06. The Morgan fingerprint density at radius 1 is 1.08 bits per heavy atom. The minimum Gasteiger partial charge on any atom is -0.480 e. The number of aliphatic carboxylic acids is 1. The second kappa shape index (κ2) is 11.6. The minimum atomic E-state index is -4.28. The molecule has 0 aromatic heterocycles. The lowest BCUT2D eigenvalue weighted by Crippen LogP contribution is -2.59. The molecule has 36 heavy (non-hydrogen) atoms. The molecular formula is C24H28F2N6O4. The average molecular weight is 503 g/mol. The molecule has 0 spiro atoms. The average Bonchev–Trinajstić information content (AvgIpc) is 3.32. The van der Waals surface area contributed by atoms with Crippen molar-refractivity contribution in [2.45, 2.75) is 43.9 Å². The fourth-order valence-corrected chi connectivity index (χ4v) is 3.93. The highest BCUT2D eigenvalue weighted by atomic mass is 19.3. The maximum absolute atomic E-state index is 14.8. The maximum Gasteiger partial charge on any atom is 0.404 e. The van der Waals surface area contributed by atoms with Crippen LogP contribution in [0, 0.1) is 0 Å². The van der Waals surface area contributed by atoms with Gasteiger partial charge in [0.05, 0.1) is 11.7 Å². The van der Waals surface area contributed by atoms with Crippen LogP contribution >= 0.6 is 0 Å². The van der Waals surface area contributed by atoms with Crippen LogP contribution in [0.2, 0.25) is 0 Å². The second-order valence-electron chi connectivity index (χ2n) is 8.38. The fourth-order valence-electron chi connectivity index (χ4n) is 3.93. The number of hydrogen-bond acceptors (Lipinski definition) is 5. The Bertz CT molecular complexity index is 1110. The first-order chi connectivity index (χ1) is 17.1. The van der Waals surface area contributed by atoms with Gasteiger partial charge in [-0.3, -0.25) is 14.9 Å². The van der Waals surface area contributed by atoms with Gasteiger partial charge in [0.1, 0.15) is 6.04 Å². The van der Waals surface area contributed by atoms with E-state index >= 15 is 0 Å². The van der Waals surface area contributed by atoms with E-state index in [9.17, 15) is 28.3 Å². The van der Waals surface area contributed by atoms with E-state index in [2.05, 4.69) is 10.3 Å². The number of rotatable bonds is 10. The third kappa shape index (κ3) is 6.98. The van der Waals surface area contributed by atoms with Gasteiger partial charge < -0.3 is 26.8 Å². The molecule has 1 unspecified atom stereocenters. The van der Waals surface area contributed by atoms with Crippen LogP contribution in [0.5, 0.6) is 0 Å². The highest BCUT2D eigenvalue weighted by Crippen LogP contribution is 2.24. The first-order valence-electron chi connectivity index (χ1n) is 11.3. The maximum atomic E-state index is 14.8. The first-order valence-corrected chi connectivity index (χ1v) is 11.3. The van der Waals surface area contributed by atoms with Crippen LogP contribution in [0.25, 0.3) is 0 Å². The van der Waals surface area contributed by atoms with Crippen molar-refractivity contribution in [3.63, 3.8) is 0 Å². The van der Waals surface area contributed by atoms with Gasteiger partial charge in [-0.05, 0) is 42.5 Å². The number of aliphatic imine (C=N–C) groups is 1. The molecule has 1 heterocycles. The Morgan fingerprint density at radius 3 is 2.36 bits per heavy atom. The zero-order chi connectivity index (χ0) is 26.3. The highest BCUT2D eigenvalue weighted by Gasteiger charge is 2.49. The van der Waals surface area contributed by atoms with E-state index in [1.165, 1.54) is 5.32 Å². The van der Waals surface area contributed by atoms with Crippen LogP contribution in [0.4, 0.5) is 14.5 Å². The Morgan fingerprint density at radius 2 is 1.75 bits per heavy atom. The van der Waals surface area contributed by atoms with Gasteiger partial charge in [-0.15, -0.1) is 0 Å². The Labute approximate surface area is 206 Å². The number of amides is 2. The molecule has 0 radical (unpaired) electrons. The van der Waals surface area contributed by atoms with Crippen LogP contribution in [-0.4, -0.2) is 58.4 Å². The zero-order valence-corrected chi connectivity index (χ0v) is 19.4. The molecule has 1 fully saturated rings. The summed E-state index contributed by atoms with van der Waals surface area (Å²) in [5, 5.41) is 13.7. The summed E-state index contributed by atoms with van der Waals surface area (Å²) >= 11 is 0. The summed E-state index contributed by atoms with van der Waals surface area (Å²) in [6.07, 6.45) is 0.374. The van der Waals surface area contributed by atoms with E-state index in [1.54, 1.807) is 36.4 Å². The molecular weight excluding hydrogens is 474 g/mol. The van der Waals surface area contributed by atoms with Crippen molar-refractivity contribution in [3.8, 4) is 0 Å². The topological polar surface area (TPSA) is 163 Å². The van der Waals surface area contributed by atoms with Crippen molar-refractivity contribution in [2.75, 3.05) is 6.54 Å². The Kier molecular flexibility index (Phi) is 8.54. The van der Waals surface area contributed by atoms with Gasteiger partial charge in [0.2, 0.25) is 5.91 Å². The molecule has 0 aliphatic carbocycles. The van der Waals surface area contributed by atoms with Crippen LogP contribution in [-0.2, 0) is 27.3 Å². The SMILES string of the molecule is NC(N)=Nc1ccc(CC(NCc2ccccc2)C(=O)NC(F)(F)C(=O)N2CCC[C@H]2C(=O)O)cc1. The van der Waals surface area contributed by atoms with Crippen molar-refractivity contribution < 1.29 is 28.3 Å². The molecule has 0 bridgehead atoms. The minimum absolute atomic E-state index is 0.0203. The fraction of sp³-hybridized carbons (Fsp3) is 0.333. The monoisotopic (exact) mass is 502 g/mol. The highest BCUT2D eigenvalue weighted by molar-refractivity contribution is 5.93. The van der Waals surface area contributed by atoms with Crippen LogP contribution < -0.4 is 22.1 Å². The number of nitrogens with two attached hydrogens (primary N) is 2. The zero-order valence-electron chi connectivity index (χ0n) is 19.4. The molecule has 10 nitrogen and oxygen atoms in total. The summed E-state index contributed by atoms with van der Waals surface area (Å²) in [7, 11) is 0. The molecule has 1 aliphatic heterocycles. The van der Waals surface area contributed by atoms with Gasteiger partial charge in [0, 0.05) is 13.1 Å². The van der Waals surface area contributed by atoms with Crippen LogP contribution in [0.15, 0.2) is 59.6 Å². The number of guanidine groups is 1. The van der Waals surface area contributed by atoms with Crippen molar-refractivity contribution >= 4 is 29.4 Å². The predicted molar refractivity (Wildman–Crippen MR) is 128 cm³/mol. The van der Waals surface area contributed by atoms with Crippen molar-refractivity contribution in [1.82, 2.24) is 15.5 Å². The van der Waals surface area contributed by atoms with E-state index in [1.807, 2.05) is 18.2 Å². The summed E-state index contributed by atoms with van der Waals surface area (Å²) < 4.78 is 29.6. The molecule has 192 valence electrons. The van der Waals surface area contributed by atoms with Gasteiger partial charge >= 0.3 is 17.9 Å². The largest absolute Gasteiger partial charge is 0.480 e. The molecule has 0 saturated carbocycles. The summed E-state index contributed by atoms with van der Waals surface area (Å²) in [5.74, 6) is -4.35. The van der Waals surface area contributed by atoms with Crippen molar-refractivity contribution in [3.05, 3.63) is 65.7 Å². The molecule has 3 rings (SSSR count). The van der Waals surface area contributed by atoms with Gasteiger partial charge in [0.25, 0.3) is 0 Å². The number of carboxylic acid groups (broad SMARTS) is 1. The number of nitrogens with zero attached hydrogens (tertiary/aromatic N) is 2. The summed E-state index contributed by atoms with van der Waals surface area (Å²) in [5.41, 5.74) is 12.7. The lowest BCUT2D eigenvalue weighted by molar-refractivity contribution is -0.170. The quantitative estimate of drug-likeness (QED) is 0.184. The van der Waals surface area contributed by atoms with E-state index in [0.717, 1.165) is 5.56 Å². The number of carbonyl (C=O) groups is 3. The lowest BCUT2D eigenvalue weighted by Gasteiger charge is -2.28. The molecule has 12 heteroatoms. The predicted octanol–water partition coefficient (Wildman–Crippen LogP) is 1.08.